The van der Waals surface area contributed by atoms with Crippen molar-refractivity contribution < 1.29 is 14.7 Å². The van der Waals surface area contributed by atoms with Crippen LogP contribution in [0.25, 0.3) is 0 Å². The average molecular weight is 117 g/mol. The Hall–Kier alpha value is -0.900. The molecule has 0 aliphatic carbocycles. The topological polar surface area (TPSA) is 80.4 Å². The Labute approximate surface area is 46.3 Å². The van der Waals surface area contributed by atoms with Gasteiger partial charge in [0, 0.05) is 0 Å². The second kappa shape index (κ2) is 2.42. The number of carbonyl (C=O) groups is 2. The van der Waals surface area contributed by atoms with E-state index >= 15 is 0 Å². The van der Waals surface area contributed by atoms with E-state index in [1.807, 2.05) is 0 Å². The molecule has 0 saturated heterocycles. The van der Waals surface area contributed by atoms with Gasteiger partial charge in [0.1, 0.15) is 6.10 Å². The second-order valence-electron chi connectivity index (χ2n) is 1.40. The molecule has 0 fully saturated rings. The zero-order valence-electron chi connectivity index (χ0n) is 4.42. The van der Waals surface area contributed by atoms with Gasteiger partial charge < -0.3 is 10.8 Å². The molecule has 0 aliphatic rings. The minimum Gasteiger partial charge on any atom is -0.385 e. The van der Waals surface area contributed by atoms with E-state index in [-0.39, 0.29) is 0 Å². The summed E-state index contributed by atoms with van der Waals surface area (Å²) in [6.45, 7) is 1.19. The Kier molecular flexibility index (Phi) is 2.15. The summed E-state index contributed by atoms with van der Waals surface area (Å²) in [6, 6.07) is 0. The maximum atomic E-state index is 10.1. The first-order valence-electron chi connectivity index (χ1n) is 2.07. The fourth-order valence-electron chi connectivity index (χ4n) is 0.206. The highest BCUT2D eigenvalue weighted by molar-refractivity contribution is 6.37. The highest BCUT2D eigenvalue weighted by atomic mass is 16.3. The third-order valence-corrected chi connectivity index (χ3v) is 0.622. The first-order valence-corrected chi connectivity index (χ1v) is 2.07. The van der Waals surface area contributed by atoms with Gasteiger partial charge in [-0.1, -0.05) is 0 Å². The quantitative estimate of drug-likeness (QED) is 0.428. The van der Waals surface area contributed by atoms with Crippen molar-refractivity contribution in [1.82, 2.24) is 0 Å². The number of aliphatic hydroxyl groups is 1. The maximum Gasteiger partial charge on any atom is 0.287 e. The summed E-state index contributed by atoms with van der Waals surface area (Å²) in [6.07, 6.45) is -1.27. The zero-order valence-corrected chi connectivity index (χ0v) is 4.42. The molecular formula is C4H7NO3. The lowest BCUT2D eigenvalue weighted by molar-refractivity contribution is -0.140. The predicted octanol–water partition coefficient (Wildman–Crippen LogP) is -1.58. The Bertz CT molecular complexity index is 118. The van der Waals surface area contributed by atoms with Crippen LogP contribution >= 0.6 is 0 Å². The van der Waals surface area contributed by atoms with Gasteiger partial charge >= 0.3 is 0 Å². The average Bonchev–Trinajstić information content (AvgIpc) is 1.64. The summed E-state index contributed by atoms with van der Waals surface area (Å²) in [7, 11) is 0. The normalized spacial score (nSPS) is 12.8. The van der Waals surface area contributed by atoms with Crippen molar-refractivity contribution in [3.05, 3.63) is 0 Å². The van der Waals surface area contributed by atoms with Gasteiger partial charge in [-0.25, -0.2) is 0 Å². The molecule has 0 spiro atoms. The third-order valence-electron chi connectivity index (χ3n) is 0.622. The SMILES string of the molecule is CC(O)C(=O)C(N)=O. The first kappa shape index (κ1) is 7.10. The summed E-state index contributed by atoms with van der Waals surface area (Å²) >= 11 is 0. The molecule has 0 aromatic heterocycles. The van der Waals surface area contributed by atoms with E-state index in [1.54, 1.807) is 0 Å². The maximum absolute atomic E-state index is 10.1. The molecule has 4 nitrogen and oxygen atoms in total. The van der Waals surface area contributed by atoms with Crippen LogP contribution in [0.1, 0.15) is 6.92 Å². The summed E-state index contributed by atoms with van der Waals surface area (Å²) in [5.74, 6) is -2.05. The highest BCUT2D eigenvalue weighted by Crippen LogP contribution is 1.79. The van der Waals surface area contributed by atoms with Crippen LogP contribution in [0.4, 0.5) is 0 Å². The van der Waals surface area contributed by atoms with Crippen LogP contribution in [0, 0.1) is 0 Å². The van der Waals surface area contributed by atoms with E-state index < -0.39 is 17.8 Å². The molecule has 4 heteroatoms. The molecule has 0 aromatic carbocycles. The molecule has 0 aliphatic heterocycles. The Morgan fingerprint density at radius 1 is 1.62 bits per heavy atom. The van der Waals surface area contributed by atoms with Crippen molar-refractivity contribution in [2.75, 3.05) is 0 Å². The number of carbonyl (C=O) groups excluding carboxylic acids is 2. The molecule has 8 heavy (non-hydrogen) atoms. The number of ketones is 1. The van der Waals surface area contributed by atoms with Crippen molar-refractivity contribution in [1.29, 1.82) is 0 Å². The lowest BCUT2D eigenvalue weighted by Gasteiger charge is -1.94. The van der Waals surface area contributed by atoms with Crippen LogP contribution in [0.5, 0.6) is 0 Å². The van der Waals surface area contributed by atoms with E-state index in [0.717, 1.165) is 0 Å². The number of nitrogens with two attached hydrogens (primary N) is 1. The zero-order chi connectivity index (χ0) is 6.73. The standard InChI is InChI=1S/C4H7NO3/c1-2(6)3(7)4(5)8/h2,6H,1H3,(H2,5,8). The predicted molar refractivity (Wildman–Crippen MR) is 25.9 cm³/mol. The second-order valence-corrected chi connectivity index (χ2v) is 1.40. The van der Waals surface area contributed by atoms with Gasteiger partial charge in [0.05, 0.1) is 0 Å². The Morgan fingerprint density at radius 3 is 2.00 bits per heavy atom. The molecule has 1 atom stereocenters. The number of primary amides is 1. The summed E-state index contributed by atoms with van der Waals surface area (Å²) in [4.78, 5) is 20.0. The van der Waals surface area contributed by atoms with Crippen LogP contribution in [0.2, 0.25) is 0 Å². The lowest BCUT2D eigenvalue weighted by atomic mass is 10.2. The molecule has 1 unspecified atom stereocenters. The van der Waals surface area contributed by atoms with E-state index in [0.29, 0.717) is 0 Å². The number of aliphatic hydroxyl groups excluding tert-OH is 1. The van der Waals surface area contributed by atoms with Gasteiger partial charge in [0.2, 0.25) is 5.78 Å². The van der Waals surface area contributed by atoms with Gasteiger partial charge in [-0.2, -0.15) is 0 Å². The summed E-state index contributed by atoms with van der Waals surface area (Å²) in [5.41, 5.74) is 4.49. The fourth-order valence-corrected chi connectivity index (χ4v) is 0.206. The van der Waals surface area contributed by atoms with Crippen LogP contribution in [-0.4, -0.2) is 22.9 Å². The van der Waals surface area contributed by atoms with Crippen LogP contribution < -0.4 is 5.73 Å². The van der Waals surface area contributed by atoms with Crippen LogP contribution in [-0.2, 0) is 9.59 Å². The number of Topliss-reactive ketones (excluding diaryl/α,β-unsaturated/α-hetero) is 1. The number of rotatable bonds is 2. The molecule has 46 valence electrons. The van der Waals surface area contributed by atoms with Gasteiger partial charge in [-0.15, -0.1) is 0 Å². The summed E-state index contributed by atoms with van der Waals surface area (Å²) < 4.78 is 0. The number of hydrogen-bond donors (Lipinski definition) is 2. The monoisotopic (exact) mass is 117 g/mol. The van der Waals surface area contributed by atoms with E-state index in [9.17, 15) is 9.59 Å². The minimum atomic E-state index is -1.27. The van der Waals surface area contributed by atoms with Gasteiger partial charge in [0.15, 0.2) is 0 Å². The fraction of sp³-hybridized carbons (Fsp3) is 0.500. The van der Waals surface area contributed by atoms with E-state index in [2.05, 4.69) is 5.73 Å². The Balaban J connectivity index is 3.84. The Morgan fingerprint density at radius 2 is 2.00 bits per heavy atom. The number of amides is 1. The van der Waals surface area contributed by atoms with Crippen molar-refractivity contribution in [2.45, 2.75) is 13.0 Å². The molecular weight excluding hydrogens is 110 g/mol. The molecule has 0 bridgehead atoms. The molecule has 3 N–H and O–H groups in total. The molecule has 0 radical (unpaired) electrons. The van der Waals surface area contributed by atoms with Crippen molar-refractivity contribution in [3.8, 4) is 0 Å². The van der Waals surface area contributed by atoms with E-state index in [4.69, 9.17) is 5.11 Å². The molecule has 0 aromatic rings. The minimum absolute atomic E-state index is 0.954. The van der Waals surface area contributed by atoms with Gasteiger partial charge in [0.25, 0.3) is 5.91 Å². The van der Waals surface area contributed by atoms with Gasteiger partial charge in [-0.3, -0.25) is 9.59 Å². The number of hydrogen-bond acceptors (Lipinski definition) is 3. The highest BCUT2D eigenvalue weighted by Gasteiger charge is 2.13. The largest absolute Gasteiger partial charge is 0.385 e. The molecule has 0 heterocycles. The van der Waals surface area contributed by atoms with Crippen LogP contribution in [0.3, 0.4) is 0 Å². The van der Waals surface area contributed by atoms with Gasteiger partial charge in [-0.05, 0) is 6.92 Å². The molecule has 0 rings (SSSR count). The summed E-state index contributed by atoms with van der Waals surface area (Å²) in [5, 5.41) is 8.34. The lowest BCUT2D eigenvalue weighted by Crippen LogP contribution is -2.31. The van der Waals surface area contributed by atoms with Crippen molar-refractivity contribution >= 4 is 11.7 Å². The van der Waals surface area contributed by atoms with E-state index in [1.165, 1.54) is 6.92 Å². The van der Waals surface area contributed by atoms with Crippen LogP contribution in [0.15, 0.2) is 0 Å². The third kappa shape index (κ3) is 1.70. The molecule has 0 saturated carbocycles. The smallest absolute Gasteiger partial charge is 0.287 e. The molecule has 1 amide bonds. The van der Waals surface area contributed by atoms with Crippen molar-refractivity contribution in [2.24, 2.45) is 5.73 Å². The van der Waals surface area contributed by atoms with Crippen molar-refractivity contribution in [3.63, 3.8) is 0 Å². The first-order chi connectivity index (χ1) is 3.55.